The van der Waals surface area contributed by atoms with E-state index in [1.807, 2.05) is 0 Å². The fourth-order valence-electron chi connectivity index (χ4n) is 3.56. The molecule has 4 rings (SSSR count). The molecule has 2 amide bonds. The monoisotopic (exact) mass is 566 g/mol. The van der Waals surface area contributed by atoms with Gasteiger partial charge in [0.05, 0.1) is 23.7 Å². The number of anilines is 2. The largest absolute Gasteiger partial charge is 0.457 e. The van der Waals surface area contributed by atoms with E-state index in [2.05, 4.69) is 25.3 Å². The Balaban J connectivity index is 1.66. The molecule has 2 aromatic carbocycles. The Labute approximate surface area is 232 Å². The van der Waals surface area contributed by atoms with Gasteiger partial charge >= 0.3 is 6.18 Å². The molecular weight excluding hydrogens is 541 g/mol. The molecule has 0 saturated carbocycles. The van der Waals surface area contributed by atoms with Gasteiger partial charge in [-0.15, -0.1) is 0 Å². The first kappa shape index (κ1) is 28.7. The third kappa shape index (κ3) is 6.84. The highest BCUT2D eigenvalue weighted by atomic mass is 19.4. The van der Waals surface area contributed by atoms with Gasteiger partial charge in [0, 0.05) is 31.3 Å². The molecule has 0 fully saturated rings. The highest BCUT2D eigenvalue weighted by molar-refractivity contribution is 5.92. The number of aromatic nitrogens is 4. The summed E-state index contributed by atoms with van der Waals surface area (Å²) in [6.07, 6.45) is -1.76. The average Bonchev–Trinajstić information content (AvgIpc) is 2.93. The quantitative estimate of drug-likeness (QED) is 0.273. The van der Waals surface area contributed by atoms with E-state index in [0.717, 1.165) is 12.1 Å². The van der Waals surface area contributed by atoms with Crippen molar-refractivity contribution >= 4 is 23.5 Å². The summed E-state index contributed by atoms with van der Waals surface area (Å²) in [7, 11) is 3.53. The van der Waals surface area contributed by atoms with Crippen LogP contribution in [0.1, 0.15) is 23.0 Å². The number of ether oxygens (including phenoxy) is 1. The first-order valence-electron chi connectivity index (χ1n) is 12.1. The fraction of sp³-hybridized carbons (Fsp3) is 0.185. The highest BCUT2D eigenvalue weighted by Crippen LogP contribution is 2.38. The van der Waals surface area contributed by atoms with E-state index in [1.165, 1.54) is 31.5 Å². The Morgan fingerprint density at radius 3 is 2.24 bits per heavy atom. The fourth-order valence-corrected chi connectivity index (χ4v) is 3.56. The van der Waals surface area contributed by atoms with Crippen LogP contribution in [0.3, 0.4) is 0 Å². The first-order chi connectivity index (χ1) is 19.3. The topological polar surface area (TPSA) is 162 Å². The second kappa shape index (κ2) is 11.5. The summed E-state index contributed by atoms with van der Waals surface area (Å²) in [5, 5.41) is 2.79. The van der Waals surface area contributed by atoms with Crippen LogP contribution in [-0.2, 0) is 11.0 Å². The van der Waals surface area contributed by atoms with Crippen molar-refractivity contribution in [2.24, 2.45) is 11.5 Å². The Bertz CT molecular complexity index is 1580. The molecule has 0 bridgehead atoms. The molecule has 2 heterocycles. The zero-order valence-electron chi connectivity index (χ0n) is 22.1. The lowest BCUT2D eigenvalue weighted by molar-refractivity contribution is -0.137. The van der Waals surface area contributed by atoms with Crippen molar-refractivity contribution in [1.82, 2.24) is 19.9 Å². The number of carbonyl (C=O) groups is 2. The number of halogens is 3. The third-order valence-electron chi connectivity index (χ3n) is 5.79. The van der Waals surface area contributed by atoms with Crippen LogP contribution in [0, 0.1) is 0 Å². The van der Waals surface area contributed by atoms with Crippen molar-refractivity contribution < 1.29 is 27.5 Å². The molecule has 41 heavy (non-hydrogen) atoms. The second-order valence-electron chi connectivity index (χ2n) is 9.08. The van der Waals surface area contributed by atoms with Gasteiger partial charge in [-0.2, -0.15) is 13.2 Å². The van der Waals surface area contributed by atoms with Crippen LogP contribution in [0.2, 0.25) is 0 Å². The number of hydrogen-bond donors (Lipinski definition) is 3. The van der Waals surface area contributed by atoms with Gasteiger partial charge < -0.3 is 26.4 Å². The Kier molecular flexibility index (Phi) is 8.03. The molecule has 0 spiro atoms. The number of nitrogens with one attached hydrogen (secondary N) is 1. The van der Waals surface area contributed by atoms with Crippen LogP contribution in [0.25, 0.3) is 22.6 Å². The van der Waals surface area contributed by atoms with E-state index >= 15 is 0 Å². The van der Waals surface area contributed by atoms with E-state index in [1.54, 1.807) is 43.3 Å². The summed E-state index contributed by atoms with van der Waals surface area (Å²) in [6.45, 7) is 1.53. The van der Waals surface area contributed by atoms with Crippen LogP contribution in [0.15, 0.2) is 60.9 Å². The van der Waals surface area contributed by atoms with Gasteiger partial charge in [-0.3, -0.25) is 14.6 Å². The summed E-state index contributed by atoms with van der Waals surface area (Å²) in [5.74, 6) is -0.209. The van der Waals surface area contributed by atoms with Crippen molar-refractivity contribution in [2.75, 3.05) is 24.3 Å². The minimum Gasteiger partial charge on any atom is -0.457 e. The first-order valence-corrected chi connectivity index (χ1v) is 12.1. The zero-order valence-corrected chi connectivity index (χ0v) is 22.1. The standard InChI is InChI=1S/C27H25F3N8O3/c1-14(24(31)39)35-22-11-19(25(32)40)36-26(37-22)15-4-7-17(8-5-15)41-21-9-6-16(27(28,29)30)10-18(21)20-12-34-23(13-33-20)38(2)3/h4-14H,1-3H3,(H2,31,39)(H2,32,40)(H,35,36,37). The molecule has 0 aliphatic carbocycles. The van der Waals surface area contributed by atoms with Crippen LogP contribution in [-0.4, -0.2) is 51.9 Å². The maximum Gasteiger partial charge on any atom is 0.416 e. The average molecular weight is 567 g/mol. The lowest BCUT2D eigenvalue weighted by Crippen LogP contribution is -2.33. The number of rotatable bonds is 9. The molecule has 0 radical (unpaired) electrons. The van der Waals surface area contributed by atoms with Gasteiger partial charge in [0.2, 0.25) is 5.91 Å². The molecule has 1 unspecified atom stereocenters. The number of nitrogens with two attached hydrogens (primary N) is 2. The molecule has 4 aromatic rings. The van der Waals surface area contributed by atoms with E-state index < -0.39 is 29.6 Å². The number of carbonyl (C=O) groups excluding carboxylic acids is 2. The number of primary amides is 2. The lowest BCUT2D eigenvalue weighted by atomic mass is 10.1. The summed E-state index contributed by atoms with van der Waals surface area (Å²) in [6, 6.07) is 9.88. The Morgan fingerprint density at radius 1 is 0.976 bits per heavy atom. The highest BCUT2D eigenvalue weighted by Gasteiger charge is 2.31. The van der Waals surface area contributed by atoms with Crippen LogP contribution < -0.4 is 26.4 Å². The minimum atomic E-state index is -4.58. The van der Waals surface area contributed by atoms with E-state index in [-0.39, 0.29) is 34.3 Å². The molecule has 5 N–H and O–H groups in total. The summed E-state index contributed by atoms with van der Waals surface area (Å²) in [4.78, 5) is 42.0. The summed E-state index contributed by atoms with van der Waals surface area (Å²) >= 11 is 0. The van der Waals surface area contributed by atoms with Gasteiger partial charge in [0.1, 0.15) is 34.9 Å². The molecule has 212 valence electrons. The molecule has 11 nitrogen and oxygen atoms in total. The summed E-state index contributed by atoms with van der Waals surface area (Å²) < 4.78 is 46.4. The normalized spacial score (nSPS) is 12.0. The molecule has 0 aliphatic rings. The minimum absolute atomic E-state index is 0.0923. The number of amides is 2. The smallest absolute Gasteiger partial charge is 0.416 e. The van der Waals surface area contributed by atoms with Gasteiger partial charge in [-0.05, 0) is 49.4 Å². The summed E-state index contributed by atoms with van der Waals surface area (Å²) in [5.41, 5.74) is 10.5. The van der Waals surface area contributed by atoms with Crippen molar-refractivity contribution in [3.8, 4) is 34.1 Å². The maximum atomic E-state index is 13.5. The zero-order chi connectivity index (χ0) is 29.9. The molecular formula is C27H25F3N8O3. The third-order valence-corrected chi connectivity index (χ3v) is 5.79. The number of nitrogens with zero attached hydrogens (tertiary/aromatic N) is 5. The van der Waals surface area contributed by atoms with Crippen LogP contribution in [0.4, 0.5) is 24.8 Å². The van der Waals surface area contributed by atoms with Crippen LogP contribution in [0.5, 0.6) is 11.5 Å². The van der Waals surface area contributed by atoms with E-state index in [4.69, 9.17) is 16.2 Å². The SMILES string of the molecule is CC(Nc1cc(C(N)=O)nc(-c2ccc(Oc3ccc(C(F)(F)F)cc3-c3cnc(N(C)C)cn3)cc2)n1)C(N)=O. The molecule has 14 heteroatoms. The Hall–Kier alpha value is -5.27. The number of hydrogen-bond acceptors (Lipinski definition) is 9. The number of alkyl halides is 3. The van der Waals surface area contributed by atoms with Gasteiger partial charge in [-0.25, -0.2) is 15.0 Å². The van der Waals surface area contributed by atoms with Crippen molar-refractivity contribution in [3.63, 3.8) is 0 Å². The van der Waals surface area contributed by atoms with Crippen molar-refractivity contribution in [1.29, 1.82) is 0 Å². The van der Waals surface area contributed by atoms with Gasteiger partial charge in [0.25, 0.3) is 5.91 Å². The molecule has 0 saturated heterocycles. The second-order valence-corrected chi connectivity index (χ2v) is 9.08. The lowest BCUT2D eigenvalue weighted by Gasteiger charge is -2.15. The Morgan fingerprint density at radius 2 is 1.68 bits per heavy atom. The predicted molar refractivity (Wildman–Crippen MR) is 145 cm³/mol. The molecule has 2 aromatic heterocycles. The van der Waals surface area contributed by atoms with Crippen molar-refractivity contribution in [2.45, 2.75) is 19.1 Å². The molecule has 0 aliphatic heterocycles. The van der Waals surface area contributed by atoms with Crippen LogP contribution >= 0.6 is 0 Å². The van der Waals surface area contributed by atoms with E-state index in [9.17, 15) is 22.8 Å². The molecule has 1 atom stereocenters. The number of benzene rings is 2. The maximum absolute atomic E-state index is 13.5. The predicted octanol–water partition coefficient (Wildman–Crippen LogP) is 3.86. The van der Waals surface area contributed by atoms with E-state index in [0.29, 0.717) is 17.1 Å². The van der Waals surface area contributed by atoms with Gasteiger partial charge in [0.15, 0.2) is 5.82 Å². The van der Waals surface area contributed by atoms with Gasteiger partial charge in [-0.1, -0.05) is 0 Å². The van der Waals surface area contributed by atoms with Crippen molar-refractivity contribution in [3.05, 3.63) is 72.2 Å².